The van der Waals surface area contributed by atoms with Crippen LogP contribution in [-0.2, 0) is 16.6 Å². The quantitative estimate of drug-likeness (QED) is 0.637. The molecule has 0 aliphatic carbocycles. The molecule has 1 fully saturated rings. The molecular formula is C23H25N3O4S. The number of aryl methyl sites for hydroxylation is 1. The molecule has 3 aromatic rings. The molecule has 0 saturated carbocycles. The van der Waals surface area contributed by atoms with Crippen LogP contribution in [0.5, 0.6) is 5.75 Å². The molecule has 1 aromatic heterocycles. The molecule has 2 aromatic carbocycles. The smallest absolute Gasteiger partial charge is 0.253 e. The van der Waals surface area contributed by atoms with E-state index in [1.54, 1.807) is 38.3 Å². The van der Waals surface area contributed by atoms with Crippen molar-refractivity contribution in [2.24, 2.45) is 0 Å². The molecule has 1 N–H and O–H groups in total. The van der Waals surface area contributed by atoms with Crippen molar-refractivity contribution >= 4 is 26.8 Å². The van der Waals surface area contributed by atoms with Crippen LogP contribution in [0.15, 0.2) is 53.4 Å². The van der Waals surface area contributed by atoms with Gasteiger partial charge in [-0.2, -0.15) is 4.31 Å². The fraction of sp³-hybridized carbons (Fsp3) is 0.304. The Bertz CT molecular complexity index is 1220. The van der Waals surface area contributed by atoms with Gasteiger partial charge in [-0.15, -0.1) is 0 Å². The minimum Gasteiger partial charge on any atom is -0.497 e. The average molecular weight is 440 g/mol. The van der Waals surface area contributed by atoms with Crippen molar-refractivity contribution in [3.63, 3.8) is 0 Å². The van der Waals surface area contributed by atoms with Crippen LogP contribution >= 0.6 is 0 Å². The lowest BCUT2D eigenvalue weighted by molar-refractivity contribution is 0.0950. The summed E-state index contributed by atoms with van der Waals surface area (Å²) in [6, 6.07) is 14.0. The Morgan fingerprint density at radius 2 is 1.81 bits per heavy atom. The van der Waals surface area contributed by atoms with E-state index in [-0.39, 0.29) is 10.8 Å². The van der Waals surface area contributed by atoms with Gasteiger partial charge in [-0.05, 0) is 55.7 Å². The molecule has 0 bridgehead atoms. The Morgan fingerprint density at radius 1 is 1.10 bits per heavy atom. The van der Waals surface area contributed by atoms with E-state index in [1.165, 1.54) is 4.31 Å². The number of rotatable bonds is 6. The molecule has 0 spiro atoms. The van der Waals surface area contributed by atoms with Crippen LogP contribution in [0.4, 0.5) is 0 Å². The van der Waals surface area contributed by atoms with E-state index in [9.17, 15) is 13.2 Å². The first kappa shape index (κ1) is 21.3. The SMILES string of the molecule is COc1ccc2cc(C(=O)NCc3ccc(S(=O)(=O)N4CCCC4)cc3)c(C)nc2c1. The number of ether oxygens (including phenoxy) is 1. The maximum atomic E-state index is 12.7. The standard InChI is InChI=1S/C23H25N3O4S/c1-16-21(13-18-7-8-19(30-2)14-22(18)25-16)23(27)24-15-17-5-9-20(10-6-17)31(28,29)26-11-3-4-12-26/h5-10,13-14H,3-4,11-12,15H2,1-2H3,(H,24,27). The van der Waals surface area contributed by atoms with Gasteiger partial charge in [0.1, 0.15) is 5.75 Å². The first-order valence-electron chi connectivity index (χ1n) is 10.2. The zero-order valence-corrected chi connectivity index (χ0v) is 18.4. The molecule has 1 aliphatic heterocycles. The number of nitrogens with zero attached hydrogens (tertiary/aromatic N) is 2. The average Bonchev–Trinajstić information content (AvgIpc) is 3.33. The van der Waals surface area contributed by atoms with Crippen LogP contribution in [0.2, 0.25) is 0 Å². The fourth-order valence-corrected chi connectivity index (χ4v) is 5.25. The Morgan fingerprint density at radius 3 is 2.48 bits per heavy atom. The first-order chi connectivity index (χ1) is 14.9. The predicted octanol–water partition coefficient (Wildman–Crippen LogP) is 3.27. The Labute approximate surface area is 182 Å². The largest absolute Gasteiger partial charge is 0.497 e. The number of hydrogen-bond acceptors (Lipinski definition) is 5. The van der Waals surface area contributed by atoms with Crippen molar-refractivity contribution in [2.45, 2.75) is 31.2 Å². The molecule has 1 saturated heterocycles. The summed E-state index contributed by atoms with van der Waals surface area (Å²) >= 11 is 0. The van der Waals surface area contributed by atoms with Crippen molar-refractivity contribution in [2.75, 3.05) is 20.2 Å². The number of nitrogens with one attached hydrogen (secondary N) is 1. The third-order valence-electron chi connectivity index (χ3n) is 5.54. The van der Waals surface area contributed by atoms with Crippen molar-refractivity contribution in [1.82, 2.24) is 14.6 Å². The zero-order valence-electron chi connectivity index (χ0n) is 17.6. The second-order valence-corrected chi connectivity index (χ2v) is 9.56. The second kappa shape index (κ2) is 8.64. The van der Waals surface area contributed by atoms with Crippen molar-refractivity contribution in [1.29, 1.82) is 0 Å². The Kier molecular flexibility index (Phi) is 5.93. The molecule has 1 aliphatic rings. The molecular weight excluding hydrogens is 414 g/mol. The number of methoxy groups -OCH3 is 1. The predicted molar refractivity (Wildman–Crippen MR) is 119 cm³/mol. The Balaban J connectivity index is 1.45. The monoisotopic (exact) mass is 439 g/mol. The van der Waals surface area contributed by atoms with E-state index >= 15 is 0 Å². The number of fused-ring (bicyclic) bond motifs is 1. The van der Waals surface area contributed by atoms with E-state index in [4.69, 9.17) is 4.74 Å². The van der Waals surface area contributed by atoms with Gasteiger partial charge in [0.2, 0.25) is 10.0 Å². The van der Waals surface area contributed by atoms with Crippen molar-refractivity contribution in [3.05, 3.63) is 65.4 Å². The van der Waals surface area contributed by atoms with Gasteiger partial charge in [-0.25, -0.2) is 8.42 Å². The topological polar surface area (TPSA) is 88.6 Å². The highest BCUT2D eigenvalue weighted by molar-refractivity contribution is 7.89. The zero-order chi connectivity index (χ0) is 22.0. The highest BCUT2D eigenvalue weighted by Gasteiger charge is 2.26. The molecule has 4 rings (SSSR count). The van der Waals surface area contributed by atoms with Gasteiger partial charge in [-0.3, -0.25) is 9.78 Å². The van der Waals surface area contributed by atoms with Crippen LogP contribution in [0.1, 0.15) is 34.5 Å². The third-order valence-corrected chi connectivity index (χ3v) is 7.45. The van der Waals surface area contributed by atoms with E-state index in [1.807, 2.05) is 24.3 Å². The van der Waals surface area contributed by atoms with Crippen LogP contribution in [0.3, 0.4) is 0 Å². The minimum atomic E-state index is -3.43. The number of aromatic nitrogens is 1. The second-order valence-electron chi connectivity index (χ2n) is 7.62. The molecule has 0 atom stereocenters. The molecule has 0 unspecified atom stereocenters. The lowest BCUT2D eigenvalue weighted by atomic mass is 10.1. The summed E-state index contributed by atoms with van der Waals surface area (Å²) in [6.45, 7) is 3.24. The summed E-state index contributed by atoms with van der Waals surface area (Å²) in [5, 5.41) is 3.75. The van der Waals surface area contributed by atoms with Crippen LogP contribution < -0.4 is 10.1 Å². The lowest BCUT2D eigenvalue weighted by Crippen LogP contribution is -2.28. The molecule has 0 radical (unpaired) electrons. The van der Waals surface area contributed by atoms with E-state index in [2.05, 4.69) is 10.3 Å². The number of carbonyl (C=O) groups excluding carboxylic acids is 1. The number of benzene rings is 2. The lowest BCUT2D eigenvalue weighted by Gasteiger charge is -2.15. The number of hydrogen-bond donors (Lipinski definition) is 1. The molecule has 2 heterocycles. The van der Waals surface area contributed by atoms with Crippen LogP contribution in [0, 0.1) is 6.92 Å². The summed E-state index contributed by atoms with van der Waals surface area (Å²) < 4.78 is 32.0. The van der Waals surface area contributed by atoms with E-state index in [0.717, 1.165) is 29.3 Å². The summed E-state index contributed by atoms with van der Waals surface area (Å²) in [5.74, 6) is 0.489. The number of sulfonamides is 1. The maximum Gasteiger partial charge on any atom is 0.253 e. The summed E-state index contributed by atoms with van der Waals surface area (Å²) in [6.07, 6.45) is 1.81. The first-order valence-corrected chi connectivity index (χ1v) is 11.7. The fourth-order valence-electron chi connectivity index (χ4n) is 3.73. The van der Waals surface area contributed by atoms with Gasteiger partial charge < -0.3 is 10.1 Å². The number of carbonyl (C=O) groups is 1. The summed E-state index contributed by atoms with van der Waals surface area (Å²) in [4.78, 5) is 17.5. The van der Waals surface area contributed by atoms with Gasteiger partial charge in [0.05, 0.1) is 28.8 Å². The molecule has 162 valence electrons. The van der Waals surface area contributed by atoms with Crippen LogP contribution in [0.25, 0.3) is 10.9 Å². The molecule has 31 heavy (non-hydrogen) atoms. The highest BCUT2D eigenvalue weighted by Crippen LogP contribution is 2.23. The van der Waals surface area contributed by atoms with Gasteiger partial charge in [0.15, 0.2) is 0 Å². The van der Waals surface area contributed by atoms with Gasteiger partial charge >= 0.3 is 0 Å². The maximum absolute atomic E-state index is 12.7. The van der Waals surface area contributed by atoms with Crippen LogP contribution in [-0.4, -0.2) is 43.8 Å². The van der Waals surface area contributed by atoms with E-state index in [0.29, 0.717) is 36.6 Å². The Hall–Kier alpha value is -2.97. The number of amides is 1. The highest BCUT2D eigenvalue weighted by atomic mass is 32.2. The van der Waals surface area contributed by atoms with Gasteiger partial charge in [0.25, 0.3) is 5.91 Å². The third kappa shape index (κ3) is 4.40. The van der Waals surface area contributed by atoms with Crippen molar-refractivity contribution < 1.29 is 17.9 Å². The molecule has 1 amide bonds. The van der Waals surface area contributed by atoms with Gasteiger partial charge in [0, 0.05) is 31.1 Å². The molecule has 8 heteroatoms. The number of pyridine rings is 1. The van der Waals surface area contributed by atoms with Crippen molar-refractivity contribution in [3.8, 4) is 5.75 Å². The summed E-state index contributed by atoms with van der Waals surface area (Å²) in [7, 11) is -1.83. The normalized spacial score (nSPS) is 14.6. The molecule has 7 nitrogen and oxygen atoms in total. The summed E-state index contributed by atoms with van der Waals surface area (Å²) in [5.41, 5.74) is 2.73. The van der Waals surface area contributed by atoms with Gasteiger partial charge in [-0.1, -0.05) is 12.1 Å². The minimum absolute atomic E-state index is 0.225. The van der Waals surface area contributed by atoms with E-state index < -0.39 is 10.0 Å².